The lowest BCUT2D eigenvalue weighted by atomic mass is 10.1. The van der Waals surface area contributed by atoms with Gasteiger partial charge >= 0.3 is 6.18 Å². The van der Waals surface area contributed by atoms with Gasteiger partial charge in [0.25, 0.3) is 0 Å². The third-order valence-corrected chi connectivity index (χ3v) is 1.04. The second-order valence-electron chi connectivity index (χ2n) is 2.05. The van der Waals surface area contributed by atoms with Crippen LogP contribution in [-0.2, 0) is 0 Å². The van der Waals surface area contributed by atoms with E-state index in [2.05, 4.69) is 0 Å². The summed E-state index contributed by atoms with van der Waals surface area (Å²) in [6.07, 6.45) is -5.42. The van der Waals surface area contributed by atoms with E-state index in [1.807, 2.05) is 0 Å². The average Bonchev–Trinajstić information content (AvgIpc) is 1.81. The summed E-state index contributed by atoms with van der Waals surface area (Å²) in [6.45, 7) is -1.26. The van der Waals surface area contributed by atoms with E-state index in [9.17, 15) is 13.2 Å². The average molecular weight is 158 g/mol. The van der Waals surface area contributed by atoms with Crippen LogP contribution in [0, 0.1) is 5.92 Å². The number of hydrogen-bond acceptors (Lipinski definition) is 2. The van der Waals surface area contributed by atoms with E-state index in [0.29, 0.717) is 0 Å². The zero-order chi connectivity index (χ0) is 8.20. The van der Waals surface area contributed by atoms with Crippen molar-refractivity contribution in [2.45, 2.75) is 12.6 Å². The molecule has 0 aromatic rings. The predicted molar refractivity (Wildman–Crippen MR) is 28.3 cm³/mol. The molecule has 0 aliphatic heterocycles. The van der Waals surface area contributed by atoms with Gasteiger partial charge in [-0.1, -0.05) is 0 Å². The molecule has 10 heavy (non-hydrogen) atoms. The summed E-state index contributed by atoms with van der Waals surface area (Å²) in [5, 5.41) is 16.5. The lowest BCUT2D eigenvalue weighted by molar-refractivity contribution is -0.150. The summed E-state index contributed by atoms with van der Waals surface area (Å²) in [5.74, 6) is -1.07. The van der Waals surface area contributed by atoms with Crippen LogP contribution in [-0.4, -0.2) is 29.6 Å². The molecule has 2 nitrogen and oxygen atoms in total. The highest BCUT2D eigenvalue weighted by Crippen LogP contribution is 2.23. The Morgan fingerprint density at radius 1 is 1.10 bits per heavy atom. The third-order valence-electron chi connectivity index (χ3n) is 1.04. The van der Waals surface area contributed by atoms with Crippen molar-refractivity contribution in [3.05, 3.63) is 0 Å². The first kappa shape index (κ1) is 9.71. The maximum atomic E-state index is 11.5. The lowest BCUT2D eigenvalue weighted by Gasteiger charge is -2.12. The van der Waals surface area contributed by atoms with Gasteiger partial charge < -0.3 is 10.2 Å². The maximum absolute atomic E-state index is 11.5. The smallest absolute Gasteiger partial charge is 0.389 e. The minimum atomic E-state index is -4.30. The van der Waals surface area contributed by atoms with Gasteiger partial charge in [-0.3, -0.25) is 0 Å². The molecule has 0 heterocycles. The minimum Gasteiger partial charge on any atom is -0.396 e. The van der Waals surface area contributed by atoms with E-state index >= 15 is 0 Å². The highest BCUT2D eigenvalue weighted by molar-refractivity contribution is 4.60. The fourth-order valence-corrected chi connectivity index (χ4v) is 0.514. The minimum absolute atomic E-state index is 0.629. The summed E-state index contributed by atoms with van der Waals surface area (Å²) in [7, 11) is 0. The number of aliphatic hydroxyl groups is 2. The first-order valence-electron chi connectivity index (χ1n) is 2.78. The Morgan fingerprint density at radius 2 is 1.50 bits per heavy atom. The monoisotopic (exact) mass is 158 g/mol. The lowest BCUT2D eigenvalue weighted by Crippen LogP contribution is -2.20. The molecule has 62 valence electrons. The van der Waals surface area contributed by atoms with Crippen LogP contribution in [0.15, 0.2) is 0 Å². The van der Waals surface area contributed by atoms with E-state index in [1.54, 1.807) is 0 Å². The predicted octanol–water partition coefficient (Wildman–Crippen LogP) is 0.540. The molecule has 0 aromatic carbocycles. The Kier molecular flexibility index (Phi) is 3.67. The zero-order valence-electron chi connectivity index (χ0n) is 5.23. The van der Waals surface area contributed by atoms with E-state index in [1.165, 1.54) is 0 Å². The van der Waals surface area contributed by atoms with E-state index in [0.717, 1.165) is 0 Å². The van der Waals surface area contributed by atoms with Crippen molar-refractivity contribution >= 4 is 0 Å². The van der Waals surface area contributed by atoms with Crippen LogP contribution in [0.3, 0.4) is 0 Å². The Bertz CT molecular complexity index is 87.4. The van der Waals surface area contributed by atoms with E-state index in [-0.39, 0.29) is 0 Å². The molecule has 2 N–H and O–H groups in total. The van der Waals surface area contributed by atoms with Crippen LogP contribution in [0.1, 0.15) is 6.42 Å². The SMILES string of the molecule is OCC(CO)CC(F)(F)F. The molecule has 0 fully saturated rings. The molecule has 0 aliphatic rings. The van der Waals surface area contributed by atoms with Gasteiger partial charge in [0.1, 0.15) is 0 Å². The molecule has 0 bridgehead atoms. The molecule has 0 spiro atoms. The fourth-order valence-electron chi connectivity index (χ4n) is 0.514. The van der Waals surface area contributed by atoms with Crippen LogP contribution in [0.25, 0.3) is 0 Å². The molecule has 0 saturated heterocycles. The van der Waals surface area contributed by atoms with E-state index < -0.39 is 31.7 Å². The summed E-state index contributed by atoms with van der Waals surface area (Å²) in [5.41, 5.74) is 0. The molecule has 0 atom stereocenters. The molecular weight excluding hydrogens is 149 g/mol. The molecular formula is C5H9F3O2. The second kappa shape index (κ2) is 3.78. The second-order valence-corrected chi connectivity index (χ2v) is 2.05. The quantitative estimate of drug-likeness (QED) is 0.629. The van der Waals surface area contributed by atoms with Crippen molar-refractivity contribution in [1.82, 2.24) is 0 Å². The van der Waals surface area contributed by atoms with Crippen molar-refractivity contribution in [2.75, 3.05) is 13.2 Å². The zero-order valence-corrected chi connectivity index (χ0v) is 5.23. The molecule has 0 aromatic heterocycles. The number of hydrogen-bond donors (Lipinski definition) is 2. The molecule has 0 rings (SSSR count). The summed E-state index contributed by atoms with van der Waals surface area (Å²) >= 11 is 0. The van der Waals surface area contributed by atoms with Crippen LogP contribution >= 0.6 is 0 Å². The highest BCUT2D eigenvalue weighted by atomic mass is 19.4. The number of halogens is 3. The fraction of sp³-hybridized carbons (Fsp3) is 1.00. The van der Waals surface area contributed by atoms with Gasteiger partial charge in [-0.25, -0.2) is 0 Å². The Balaban J connectivity index is 3.63. The van der Waals surface area contributed by atoms with Crippen molar-refractivity contribution in [3.63, 3.8) is 0 Å². The molecule has 0 radical (unpaired) electrons. The standard InChI is InChI=1S/C5H9F3O2/c6-5(7,8)1-4(2-9)3-10/h4,9-10H,1-3H2. The number of aliphatic hydroxyl groups excluding tert-OH is 2. The van der Waals surface area contributed by atoms with Crippen molar-refractivity contribution < 1.29 is 23.4 Å². The Labute approximate surface area is 56.3 Å². The first-order chi connectivity index (χ1) is 4.49. The van der Waals surface area contributed by atoms with Crippen LogP contribution in [0.4, 0.5) is 13.2 Å². The van der Waals surface area contributed by atoms with Crippen molar-refractivity contribution in [3.8, 4) is 0 Å². The topological polar surface area (TPSA) is 40.5 Å². The number of alkyl halides is 3. The summed E-state index contributed by atoms with van der Waals surface area (Å²) in [4.78, 5) is 0. The van der Waals surface area contributed by atoms with Crippen LogP contribution in [0.2, 0.25) is 0 Å². The maximum Gasteiger partial charge on any atom is 0.389 e. The van der Waals surface area contributed by atoms with Gasteiger partial charge in [0, 0.05) is 19.1 Å². The number of rotatable bonds is 3. The molecule has 0 amide bonds. The Hall–Kier alpha value is -0.290. The van der Waals surface area contributed by atoms with Gasteiger partial charge in [0.15, 0.2) is 0 Å². The first-order valence-corrected chi connectivity index (χ1v) is 2.78. The Morgan fingerprint density at radius 3 is 1.60 bits per heavy atom. The van der Waals surface area contributed by atoms with E-state index in [4.69, 9.17) is 10.2 Å². The molecule has 5 heteroatoms. The van der Waals surface area contributed by atoms with Crippen LogP contribution < -0.4 is 0 Å². The van der Waals surface area contributed by atoms with Gasteiger partial charge in [0.2, 0.25) is 0 Å². The highest BCUT2D eigenvalue weighted by Gasteiger charge is 2.30. The van der Waals surface area contributed by atoms with Gasteiger partial charge in [0.05, 0.1) is 6.42 Å². The van der Waals surface area contributed by atoms with Gasteiger partial charge in [-0.05, 0) is 0 Å². The van der Waals surface area contributed by atoms with Gasteiger partial charge in [-0.15, -0.1) is 0 Å². The van der Waals surface area contributed by atoms with Crippen LogP contribution in [0.5, 0.6) is 0 Å². The van der Waals surface area contributed by atoms with Crippen molar-refractivity contribution in [2.24, 2.45) is 5.92 Å². The molecule has 0 aliphatic carbocycles. The summed E-state index contributed by atoms with van der Waals surface area (Å²) < 4.78 is 34.4. The third kappa shape index (κ3) is 4.58. The molecule has 0 unspecified atom stereocenters. The summed E-state index contributed by atoms with van der Waals surface area (Å²) in [6, 6.07) is 0. The van der Waals surface area contributed by atoms with Crippen molar-refractivity contribution in [1.29, 1.82) is 0 Å². The largest absolute Gasteiger partial charge is 0.396 e. The normalized spacial score (nSPS) is 12.6. The van der Waals surface area contributed by atoms with Gasteiger partial charge in [-0.2, -0.15) is 13.2 Å². The molecule has 0 saturated carbocycles.